The lowest BCUT2D eigenvalue weighted by Gasteiger charge is -2.09. The molecule has 0 aromatic heterocycles. The number of hydrogen-bond acceptors (Lipinski definition) is 2. The molecule has 0 aliphatic carbocycles. The van der Waals surface area contributed by atoms with Gasteiger partial charge in [0.2, 0.25) is 0 Å². The van der Waals surface area contributed by atoms with E-state index >= 15 is 0 Å². The number of benzene rings is 2. The Morgan fingerprint density at radius 3 is 2.00 bits per heavy atom. The Balaban J connectivity index is 1.98. The van der Waals surface area contributed by atoms with E-state index in [1.807, 2.05) is 43.3 Å². The lowest BCUT2D eigenvalue weighted by molar-refractivity contribution is 0.482. The standard InChI is InChI=1S/C18H23NO/c1-3-4-5-15-6-10-17(11-7-15)20-18-12-8-16(9-13-18)14(2)19/h6-14H,3-5,19H2,1-2H3/t14-/m1/s1. The fraction of sp³-hybridized carbons (Fsp3) is 0.333. The molecule has 2 heteroatoms. The van der Waals surface area contributed by atoms with E-state index in [4.69, 9.17) is 10.5 Å². The summed E-state index contributed by atoms with van der Waals surface area (Å²) in [5.41, 5.74) is 8.32. The average Bonchev–Trinajstić information content (AvgIpc) is 2.47. The Morgan fingerprint density at radius 1 is 0.950 bits per heavy atom. The minimum absolute atomic E-state index is 0.0573. The summed E-state index contributed by atoms with van der Waals surface area (Å²) in [5.74, 6) is 1.72. The van der Waals surface area contributed by atoms with Crippen molar-refractivity contribution in [2.45, 2.75) is 39.2 Å². The zero-order chi connectivity index (χ0) is 14.4. The van der Waals surface area contributed by atoms with Gasteiger partial charge in [0, 0.05) is 6.04 Å². The molecule has 0 aliphatic rings. The summed E-state index contributed by atoms with van der Waals surface area (Å²) in [6.07, 6.45) is 3.60. The molecule has 0 aliphatic heterocycles. The number of hydrogen-bond donors (Lipinski definition) is 1. The molecule has 0 heterocycles. The quantitative estimate of drug-likeness (QED) is 0.814. The molecule has 0 unspecified atom stereocenters. The first kappa shape index (κ1) is 14.6. The lowest BCUT2D eigenvalue weighted by Crippen LogP contribution is -2.04. The molecule has 0 spiro atoms. The SMILES string of the molecule is CCCCc1ccc(Oc2ccc([C@@H](C)N)cc2)cc1. The van der Waals surface area contributed by atoms with Crippen LogP contribution < -0.4 is 10.5 Å². The Hall–Kier alpha value is -1.80. The number of nitrogens with two attached hydrogens (primary N) is 1. The van der Waals surface area contributed by atoms with Crippen molar-refractivity contribution >= 4 is 0 Å². The number of rotatable bonds is 6. The van der Waals surface area contributed by atoms with Gasteiger partial charge in [-0.25, -0.2) is 0 Å². The second-order valence-corrected chi connectivity index (χ2v) is 5.21. The molecule has 20 heavy (non-hydrogen) atoms. The van der Waals surface area contributed by atoms with Crippen molar-refractivity contribution < 1.29 is 4.74 Å². The van der Waals surface area contributed by atoms with E-state index in [1.54, 1.807) is 0 Å². The lowest BCUT2D eigenvalue weighted by atomic mass is 10.1. The van der Waals surface area contributed by atoms with Crippen LogP contribution in [0.3, 0.4) is 0 Å². The molecule has 2 nitrogen and oxygen atoms in total. The van der Waals surface area contributed by atoms with E-state index in [0.29, 0.717) is 0 Å². The molecule has 0 radical (unpaired) electrons. The molecular weight excluding hydrogens is 246 g/mol. The molecule has 0 saturated carbocycles. The predicted octanol–water partition coefficient (Wildman–Crippen LogP) is 4.84. The van der Waals surface area contributed by atoms with Crippen LogP contribution in [-0.4, -0.2) is 0 Å². The van der Waals surface area contributed by atoms with Gasteiger partial charge in [-0.05, 0) is 55.2 Å². The molecule has 106 valence electrons. The largest absolute Gasteiger partial charge is 0.457 e. The van der Waals surface area contributed by atoms with Crippen LogP contribution in [0.2, 0.25) is 0 Å². The maximum atomic E-state index is 5.83. The van der Waals surface area contributed by atoms with E-state index in [9.17, 15) is 0 Å². The Bertz CT molecular complexity index is 514. The van der Waals surface area contributed by atoms with E-state index in [-0.39, 0.29) is 6.04 Å². The first-order valence-corrected chi connectivity index (χ1v) is 7.31. The molecule has 1 atom stereocenters. The van der Waals surface area contributed by atoms with Gasteiger partial charge in [-0.15, -0.1) is 0 Å². The molecule has 2 aromatic carbocycles. The minimum atomic E-state index is 0.0573. The molecule has 0 amide bonds. The Morgan fingerprint density at radius 2 is 1.50 bits per heavy atom. The molecule has 2 rings (SSSR count). The highest BCUT2D eigenvalue weighted by atomic mass is 16.5. The van der Waals surface area contributed by atoms with Crippen LogP contribution in [0.25, 0.3) is 0 Å². The molecule has 2 aromatic rings. The summed E-state index contributed by atoms with van der Waals surface area (Å²) in [6, 6.07) is 16.3. The van der Waals surface area contributed by atoms with Gasteiger partial charge in [-0.1, -0.05) is 37.6 Å². The molecule has 2 N–H and O–H groups in total. The van der Waals surface area contributed by atoms with Crippen LogP contribution >= 0.6 is 0 Å². The van der Waals surface area contributed by atoms with Crippen molar-refractivity contribution in [2.75, 3.05) is 0 Å². The summed E-state index contributed by atoms with van der Waals surface area (Å²) < 4.78 is 5.83. The average molecular weight is 269 g/mol. The topological polar surface area (TPSA) is 35.2 Å². The van der Waals surface area contributed by atoms with Crippen molar-refractivity contribution in [3.8, 4) is 11.5 Å². The first-order valence-electron chi connectivity index (χ1n) is 7.31. The zero-order valence-corrected chi connectivity index (χ0v) is 12.3. The van der Waals surface area contributed by atoms with Crippen LogP contribution in [0.5, 0.6) is 11.5 Å². The van der Waals surface area contributed by atoms with Crippen LogP contribution in [0.1, 0.15) is 43.9 Å². The minimum Gasteiger partial charge on any atom is -0.457 e. The number of ether oxygens (including phenoxy) is 1. The fourth-order valence-corrected chi connectivity index (χ4v) is 2.08. The van der Waals surface area contributed by atoms with Gasteiger partial charge >= 0.3 is 0 Å². The van der Waals surface area contributed by atoms with Gasteiger partial charge in [-0.2, -0.15) is 0 Å². The molecule has 0 fully saturated rings. The van der Waals surface area contributed by atoms with Crippen LogP contribution in [0, 0.1) is 0 Å². The molecular formula is C18H23NO. The smallest absolute Gasteiger partial charge is 0.127 e. The first-order chi connectivity index (χ1) is 9.69. The third-order valence-electron chi connectivity index (χ3n) is 3.38. The van der Waals surface area contributed by atoms with Gasteiger partial charge in [0.25, 0.3) is 0 Å². The Kier molecular flexibility index (Phi) is 5.19. The van der Waals surface area contributed by atoms with E-state index in [1.165, 1.54) is 18.4 Å². The summed E-state index contributed by atoms with van der Waals surface area (Å²) in [7, 11) is 0. The zero-order valence-electron chi connectivity index (χ0n) is 12.3. The summed E-state index contributed by atoms with van der Waals surface area (Å²) in [6.45, 7) is 4.19. The van der Waals surface area contributed by atoms with Crippen LogP contribution in [0.4, 0.5) is 0 Å². The Labute approximate surface area is 121 Å². The monoisotopic (exact) mass is 269 g/mol. The van der Waals surface area contributed by atoms with E-state index in [2.05, 4.69) is 19.1 Å². The van der Waals surface area contributed by atoms with Gasteiger partial charge in [-0.3, -0.25) is 0 Å². The van der Waals surface area contributed by atoms with Crippen LogP contribution in [0.15, 0.2) is 48.5 Å². The van der Waals surface area contributed by atoms with Crippen LogP contribution in [-0.2, 0) is 6.42 Å². The fourth-order valence-electron chi connectivity index (χ4n) is 2.08. The number of unbranched alkanes of at least 4 members (excludes halogenated alkanes) is 1. The van der Waals surface area contributed by atoms with Crippen molar-refractivity contribution in [3.05, 3.63) is 59.7 Å². The molecule has 0 saturated heterocycles. The van der Waals surface area contributed by atoms with Crippen molar-refractivity contribution in [1.29, 1.82) is 0 Å². The van der Waals surface area contributed by atoms with Gasteiger partial charge in [0.05, 0.1) is 0 Å². The van der Waals surface area contributed by atoms with Gasteiger partial charge in [0.15, 0.2) is 0 Å². The third-order valence-corrected chi connectivity index (χ3v) is 3.38. The normalized spacial score (nSPS) is 12.2. The third kappa shape index (κ3) is 4.10. The maximum absolute atomic E-state index is 5.83. The summed E-state index contributed by atoms with van der Waals surface area (Å²) in [4.78, 5) is 0. The number of aryl methyl sites for hydroxylation is 1. The van der Waals surface area contributed by atoms with Crippen molar-refractivity contribution in [2.24, 2.45) is 5.73 Å². The highest BCUT2D eigenvalue weighted by Crippen LogP contribution is 2.23. The molecule has 0 bridgehead atoms. The summed E-state index contributed by atoms with van der Waals surface area (Å²) in [5, 5.41) is 0. The van der Waals surface area contributed by atoms with E-state index in [0.717, 1.165) is 23.5 Å². The highest BCUT2D eigenvalue weighted by Gasteiger charge is 2.01. The van der Waals surface area contributed by atoms with E-state index < -0.39 is 0 Å². The highest BCUT2D eigenvalue weighted by molar-refractivity contribution is 5.35. The second-order valence-electron chi connectivity index (χ2n) is 5.21. The summed E-state index contributed by atoms with van der Waals surface area (Å²) >= 11 is 0. The van der Waals surface area contributed by atoms with Gasteiger partial charge in [0.1, 0.15) is 11.5 Å². The van der Waals surface area contributed by atoms with Gasteiger partial charge < -0.3 is 10.5 Å². The predicted molar refractivity (Wildman–Crippen MR) is 84.2 cm³/mol. The maximum Gasteiger partial charge on any atom is 0.127 e. The second kappa shape index (κ2) is 7.11. The van der Waals surface area contributed by atoms with Crippen molar-refractivity contribution in [1.82, 2.24) is 0 Å². The van der Waals surface area contributed by atoms with Crippen molar-refractivity contribution in [3.63, 3.8) is 0 Å².